The van der Waals surface area contributed by atoms with E-state index in [1.807, 2.05) is 0 Å². The maximum Gasteiger partial charge on any atom is 0.393 e. The van der Waals surface area contributed by atoms with E-state index in [0.29, 0.717) is 0 Å². The number of hydrogen-bond acceptors (Lipinski definition) is 3. The van der Waals surface area contributed by atoms with E-state index in [0.717, 1.165) is 16.7 Å². The van der Waals surface area contributed by atoms with E-state index in [4.69, 9.17) is 5.73 Å². The Morgan fingerprint density at radius 1 is 1.33 bits per heavy atom. The van der Waals surface area contributed by atoms with Crippen molar-refractivity contribution in [3.05, 3.63) is 24.5 Å². The van der Waals surface area contributed by atoms with Crippen molar-refractivity contribution in [3.8, 4) is 0 Å². The van der Waals surface area contributed by atoms with Crippen molar-refractivity contribution in [2.24, 2.45) is 11.7 Å². The summed E-state index contributed by atoms with van der Waals surface area (Å²) in [5.74, 6) is -1.50. The van der Waals surface area contributed by atoms with E-state index in [-0.39, 0.29) is 12.3 Å². The van der Waals surface area contributed by atoms with Gasteiger partial charge in [0.15, 0.2) is 0 Å². The molecule has 15 heavy (non-hydrogen) atoms. The predicted molar refractivity (Wildman–Crippen MR) is 53.6 cm³/mol. The lowest BCUT2D eigenvalue weighted by atomic mass is 10.2. The molecule has 0 aliphatic rings. The zero-order chi connectivity index (χ0) is 11.3. The molecule has 0 amide bonds. The third-order valence-electron chi connectivity index (χ3n) is 1.85. The first kappa shape index (κ1) is 12.3. The zero-order valence-electron chi connectivity index (χ0n) is 7.87. The van der Waals surface area contributed by atoms with Crippen LogP contribution < -0.4 is 5.73 Å². The van der Waals surface area contributed by atoms with Gasteiger partial charge in [0, 0.05) is 29.6 Å². The molecule has 0 saturated carbocycles. The number of thioether (sulfide) groups is 1. The molecule has 0 aliphatic carbocycles. The predicted octanol–water partition coefficient (Wildman–Crippen LogP) is 2.31. The lowest BCUT2D eigenvalue weighted by Gasteiger charge is -2.17. The molecule has 2 N–H and O–H groups in total. The minimum absolute atomic E-state index is 0.0516. The summed E-state index contributed by atoms with van der Waals surface area (Å²) >= 11 is 1.14. The number of nitrogens with two attached hydrogens (primary N) is 1. The van der Waals surface area contributed by atoms with Gasteiger partial charge in [0.1, 0.15) is 0 Å². The van der Waals surface area contributed by atoms with E-state index >= 15 is 0 Å². The Labute approximate surface area is 90.1 Å². The fourth-order valence-electron chi connectivity index (χ4n) is 0.927. The number of nitrogens with zero attached hydrogens (tertiary/aromatic N) is 1. The minimum atomic E-state index is -4.21. The Morgan fingerprint density at radius 2 is 1.93 bits per heavy atom. The summed E-state index contributed by atoms with van der Waals surface area (Å²) in [5.41, 5.74) is 5.08. The fourth-order valence-corrected chi connectivity index (χ4v) is 1.96. The summed E-state index contributed by atoms with van der Waals surface area (Å²) in [5, 5.41) is 0. The number of pyridine rings is 1. The topological polar surface area (TPSA) is 38.9 Å². The number of alkyl halides is 3. The molecule has 2 nitrogen and oxygen atoms in total. The smallest absolute Gasteiger partial charge is 0.330 e. The van der Waals surface area contributed by atoms with Gasteiger partial charge in [-0.2, -0.15) is 13.2 Å². The van der Waals surface area contributed by atoms with Crippen molar-refractivity contribution in [3.63, 3.8) is 0 Å². The second kappa shape index (κ2) is 5.37. The summed E-state index contributed by atoms with van der Waals surface area (Å²) in [6, 6.07) is 3.35. The van der Waals surface area contributed by atoms with E-state index in [1.54, 1.807) is 24.5 Å². The highest BCUT2D eigenvalue weighted by molar-refractivity contribution is 7.99. The summed E-state index contributed by atoms with van der Waals surface area (Å²) in [6.07, 6.45) is -1.12. The Morgan fingerprint density at radius 3 is 2.40 bits per heavy atom. The van der Waals surface area contributed by atoms with Crippen LogP contribution >= 0.6 is 11.8 Å². The summed E-state index contributed by atoms with van der Waals surface area (Å²) in [6.45, 7) is -0.373. The molecule has 0 bridgehead atoms. The van der Waals surface area contributed by atoms with Crippen LogP contribution in [0.4, 0.5) is 13.2 Å². The van der Waals surface area contributed by atoms with Gasteiger partial charge in [0.05, 0.1) is 5.92 Å². The molecule has 1 aromatic rings. The van der Waals surface area contributed by atoms with Crippen LogP contribution in [0.1, 0.15) is 0 Å². The largest absolute Gasteiger partial charge is 0.393 e. The maximum absolute atomic E-state index is 12.3. The van der Waals surface area contributed by atoms with Crippen LogP contribution in [0.3, 0.4) is 0 Å². The number of aromatic nitrogens is 1. The normalized spacial score (nSPS) is 13.9. The Balaban J connectivity index is 2.49. The van der Waals surface area contributed by atoms with Crippen molar-refractivity contribution in [2.45, 2.75) is 11.1 Å². The molecule has 0 aromatic carbocycles. The highest BCUT2D eigenvalue weighted by Crippen LogP contribution is 2.30. The molecular weight excluding hydrogens is 225 g/mol. The molecule has 0 saturated heterocycles. The lowest BCUT2D eigenvalue weighted by molar-refractivity contribution is -0.165. The van der Waals surface area contributed by atoms with Crippen LogP contribution in [0.2, 0.25) is 0 Å². The molecule has 1 atom stereocenters. The number of hydrogen-bond donors (Lipinski definition) is 1. The number of halogens is 3. The average molecular weight is 236 g/mol. The second-order valence-corrected chi connectivity index (χ2v) is 4.06. The van der Waals surface area contributed by atoms with Gasteiger partial charge in [-0.3, -0.25) is 4.98 Å². The van der Waals surface area contributed by atoms with Crippen LogP contribution in [0.5, 0.6) is 0 Å². The van der Waals surface area contributed by atoms with Gasteiger partial charge in [0.2, 0.25) is 0 Å². The van der Waals surface area contributed by atoms with Crippen LogP contribution in [-0.2, 0) is 0 Å². The molecule has 84 valence electrons. The monoisotopic (exact) mass is 236 g/mol. The number of rotatable bonds is 4. The average Bonchev–Trinajstić information content (AvgIpc) is 2.18. The molecule has 1 unspecified atom stereocenters. The SMILES string of the molecule is NCC(CSc1ccncc1)C(F)(F)F. The van der Waals surface area contributed by atoms with Gasteiger partial charge in [-0.1, -0.05) is 0 Å². The first-order chi connectivity index (χ1) is 7.04. The zero-order valence-corrected chi connectivity index (χ0v) is 8.68. The van der Waals surface area contributed by atoms with Crippen molar-refractivity contribution < 1.29 is 13.2 Å². The van der Waals surface area contributed by atoms with Gasteiger partial charge >= 0.3 is 6.18 Å². The van der Waals surface area contributed by atoms with E-state index < -0.39 is 12.1 Å². The van der Waals surface area contributed by atoms with Crippen molar-refractivity contribution in [2.75, 3.05) is 12.3 Å². The highest BCUT2D eigenvalue weighted by atomic mass is 32.2. The molecule has 1 rings (SSSR count). The summed E-state index contributed by atoms with van der Waals surface area (Å²) < 4.78 is 37.0. The lowest BCUT2D eigenvalue weighted by Crippen LogP contribution is -2.32. The highest BCUT2D eigenvalue weighted by Gasteiger charge is 2.38. The van der Waals surface area contributed by atoms with Gasteiger partial charge < -0.3 is 5.73 Å². The van der Waals surface area contributed by atoms with Crippen LogP contribution in [0.25, 0.3) is 0 Å². The molecule has 1 aromatic heterocycles. The first-order valence-corrected chi connectivity index (χ1v) is 5.32. The van der Waals surface area contributed by atoms with Crippen molar-refractivity contribution in [1.82, 2.24) is 4.98 Å². The van der Waals surface area contributed by atoms with Gasteiger partial charge in [-0.15, -0.1) is 11.8 Å². The Hall–Kier alpha value is -0.750. The molecular formula is C9H11F3N2S. The maximum atomic E-state index is 12.3. The second-order valence-electron chi connectivity index (χ2n) is 2.97. The van der Waals surface area contributed by atoms with Crippen LogP contribution in [0.15, 0.2) is 29.4 Å². The van der Waals surface area contributed by atoms with Crippen LogP contribution in [0, 0.1) is 5.92 Å². The summed E-state index contributed by atoms with van der Waals surface area (Å²) in [4.78, 5) is 4.55. The van der Waals surface area contributed by atoms with E-state index in [1.165, 1.54) is 0 Å². The van der Waals surface area contributed by atoms with Gasteiger partial charge in [-0.05, 0) is 12.1 Å². The third-order valence-corrected chi connectivity index (χ3v) is 3.02. The molecule has 0 radical (unpaired) electrons. The van der Waals surface area contributed by atoms with E-state index in [9.17, 15) is 13.2 Å². The molecule has 1 heterocycles. The molecule has 6 heteroatoms. The van der Waals surface area contributed by atoms with Gasteiger partial charge in [-0.25, -0.2) is 0 Å². The Kier molecular flexibility index (Phi) is 4.41. The fraction of sp³-hybridized carbons (Fsp3) is 0.444. The van der Waals surface area contributed by atoms with Crippen LogP contribution in [-0.4, -0.2) is 23.5 Å². The molecule has 0 fully saturated rings. The standard InChI is InChI=1S/C9H11F3N2S/c10-9(11,12)7(5-13)6-15-8-1-3-14-4-2-8/h1-4,7H,5-6,13H2. The van der Waals surface area contributed by atoms with E-state index in [2.05, 4.69) is 4.98 Å². The van der Waals surface area contributed by atoms with Gasteiger partial charge in [0.25, 0.3) is 0 Å². The molecule has 0 aliphatic heterocycles. The van der Waals surface area contributed by atoms with Crippen molar-refractivity contribution >= 4 is 11.8 Å². The van der Waals surface area contributed by atoms with Crippen molar-refractivity contribution in [1.29, 1.82) is 0 Å². The third kappa shape index (κ3) is 4.09. The minimum Gasteiger partial charge on any atom is -0.330 e. The Bertz CT molecular complexity index is 289. The quantitative estimate of drug-likeness (QED) is 0.815. The molecule has 0 spiro atoms. The first-order valence-electron chi connectivity index (χ1n) is 4.33. The summed E-state index contributed by atoms with van der Waals surface area (Å²) in [7, 11) is 0.